The predicted octanol–water partition coefficient (Wildman–Crippen LogP) is 4.36. The van der Waals surface area contributed by atoms with E-state index in [1.807, 2.05) is 19.1 Å². The number of nitrogens with one attached hydrogen (secondary N) is 2. The molecular weight excluding hydrogens is 390 g/mol. The van der Waals surface area contributed by atoms with Crippen LogP contribution in [0.25, 0.3) is 11.5 Å². The van der Waals surface area contributed by atoms with Crippen LogP contribution in [0.5, 0.6) is 0 Å². The summed E-state index contributed by atoms with van der Waals surface area (Å²) in [6, 6.07) is 10.4. The highest BCUT2D eigenvalue weighted by Crippen LogP contribution is 2.25. The van der Waals surface area contributed by atoms with Gasteiger partial charge >= 0.3 is 0 Å². The Labute approximate surface area is 170 Å². The second kappa shape index (κ2) is 8.08. The molecule has 1 amide bonds. The van der Waals surface area contributed by atoms with Crippen LogP contribution in [0.3, 0.4) is 0 Å². The van der Waals surface area contributed by atoms with Gasteiger partial charge in [-0.25, -0.2) is 13.4 Å². The first-order chi connectivity index (χ1) is 13.7. The zero-order chi connectivity index (χ0) is 21.2. The molecule has 0 spiro atoms. The molecule has 7 nitrogen and oxygen atoms in total. The Morgan fingerprint density at radius 3 is 2.31 bits per heavy atom. The van der Waals surface area contributed by atoms with Gasteiger partial charge < -0.3 is 9.73 Å². The summed E-state index contributed by atoms with van der Waals surface area (Å²) >= 11 is 0. The van der Waals surface area contributed by atoms with Crippen LogP contribution in [0.1, 0.15) is 35.3 Å². The molecule has 0 unspecified atom stereocenters. The number of nitrogens with zero attached hydrogens (tertiary/aromatic N) is 1. The monoisotopic (exact) mass is 413 g/mol. The van der Waals surface area contributed by atoms with Gasteiger partial charge in [0.15, 0.2) is 0 Å². The van der Waals surface area contributed by atoms with Gasteiger partial charge in [-0.3, -0.25) is 9.52 Å². The lowest BCUT2D eigenvalue weighted by atomic mass is 10.1. The van der Waals surface area contributed by atoms with Crippen LogP contribution in [0.4, 0.5) is 11.4 Å². The summed E-state index contributed by atoms with van der Waals surface area (Å²) in [6.45, 7) is 6.85. The fourth-order valence-corrected chi connectivity index (χ4v) is 3.46. The van der Waals surface area contributed by atoms with Crippen LogP contribution >= 0.6 is 0 Å². The number of benzene rings is 2. The normalized spacial score (nSPS) is 11.5. The Morgan fingerprint density at radius 1 is 1.03 bits per heavy atom. The third-order valence-corrected chi connectivity index (χ3v) is 6.26. The highest BCUT2D eigenvalue weighted by molar-refractivity contribution is 7.93. The standard InChI is InChI=1S/C21H23N3O4S/c1-13(2)29(26,27)24-19-8-5-16(11-15(19)4)20(25)23-18-7-6-17(12-14(18)3)21-22-9-10-28-21/h5-13,24H,1-4H3,(H,23,25). The van der Waals surface area contributed by atoms with E-state index in [1.54, 1.807) is 51.2 Å². The summed E-state index contributed by atoms with van der Waals surface area (Å²) in [4.78, 5) is 16.8. The molecule has 0 bridgehead atoms. The van der Waals surface area contributed by atoms with Crippen LogP contribution in [0.2, 0.25) is 0 Å². The molecule has 0 fully saturated rings. The summed E-state index contributed by atoms with van der Waals surface area (Å²) in [5, 5.41) is 2.33. The second-order valence-corrected chi connectivity index (χ2v) is 9.28. The highest BCUT2D eigenvalue weighted by atomic mass is 32.2. The van der Waals surface area contributed by atoms with Crippen molar-refractivity contribution in [1.82, 2.24) is 4.98 Å². The fraction of sp³-hybridized carbons (Fsp3) is 0.238. The van der Waals surface area contributed by atoms with E-state index in [-0.39, 0.29) is 5.91 Å². The molecule has 3 rings (SSSR count). The van der Waals surface area contributed by atoms with E-state index in [9.17, 15) is 13.2 Å². The smallest absolute Gasteiger partial charge is 0.255 e. The largest absolute Gasteiger partial charge is 0.445 e. The van der Waals surface area contributed by atoms with Crippen molar-refractivity contribution in [2.75, 3.05) is 10.0 Å². The maximum atomic E-state index is 12.7. The minimum atomic E-state index is -3.45. The maximum Gasteiger partial charge on any atom is 0.255 e. The number of carbonyl (C=O) groups is 1. The second-order valence-electron chi connectivity index (χ2n) is 7.05. The molecule has 3 aromatic rings. The lowest BCUT2D eigenvalue weighted by molar-refractivity contribution is 0.102. The molecular formula is C21H23N3O4S. The van der Waals surface area contributed by atoms with Gasteiger partial charge in [0.1, 0.15) is 6.26 Å². The first-order valence-electron chi connectivity index (χ1n) is 9.11. The van der Waals surface area contributed by atoms with Gasteiger partial charge in [-0.1, -0.05) is 0 Å². The fourth-order valence-electron chi connectivity index (χ4n) is 2.69. The molecule has 0 aliphatic heterocycles. The molecule has 0 aliphatic rings. The molecule has 0 saturated heterocycles. The molecule has 0 radical (unpaired) electrons. The number of anilines is 2. The molecule has 0 saturated carbocycles. The molecule has 0 aliphatic carbocycles. The molecule has 1 heterocycles. The number of sulfonamides is 1. The van der Waals surface area contributed by atoms with Crippen LogP contribution in [-0.4, -0.2) is 24.6 Å². The Kier molecular flexibility index (Phi) is 5.74. The van der Waals surface area contributed by atoms with Crippen molar-refractivity contribution in [3.63, 3.8) is 0 Å². The van der Waals surface area contributed by atoms with Gasteiger partial charge in [-0.05, 0) is 75.2 Å². The van der Waals surface area contributed by atoms with Crippen molar-refractivity contribution in [2.45, 2.75) is 32.9 Å². The molecule has 2 aromatic carbocycles. The highest BCUT2D eigenvalue weighted by Gasteiger charge is 2.17. The SMILES string of the molecule is Cc1cc(-c2ncco2)ccc1NC(=O)c1ccc(NS(=O)(=O)C(C)C)c(C)c1. The average Bonchev–Trinajstić information content (AvgIpc) is 3.19. The van der Waals surface area contributed by atoms with E-state index in [4.69, 9.17) is 4.42 Å². The summed E-state index contributed by atoms with van der Waals surface area (Å²) < 4.78 is 32.0. The van der Waals surface area contributed by atoms with Gasteiger partial charge in [0.25, 0.3) is 5.91 Å². The zero-order valence-electron chi connectivity index (χ0n) is 16.7. The van der Waals surface area contributed by atoms with Gasteiger partial charge in [0.05, 0.1) is 17.1 Å². The summed E-state index contributed by atoms with van der Waals surface area (Å²) in [6.07, 6.45) is 3.08. The Bertz CT molecular complexity index is 1140. The number of carbonyl (C=O) groups excluding carboxylic acids is 1. The van der Waals surface area contributed by atoms with Crippen molar-refractivity contribution < 1.29 is 17.6 Å². The van der Waals surface area contributed by atoms with Crippen LogP contribution < -0.4 is 10.0 Å². The first kappa shape index (κ1) is 20.6. The van der Waals surface area contributed by atoms with Crippen molar-refractivity contribution in [2.24, 2.45) is 0 Å². The third kappa shape index (κ3) is 4.65. The number of aryl methyl sites for hydroxylation is 2. The minimum absolute atomic E-state index is 0.279. The number of hydrogen-bond donors (Lipinski definition) is 2. The van der Waals surface area contributed by atoms with E-state index in [0.717, 1.165) is 11.1 Å². The topological polar surface area (TPSA) is 101 Å². The van der Waals surface area contributed by atoms with Gasteiger partial charge in [-0.2, -0.15) is 0 Å². The van der Waals surface area contributed by atoms with E-state index in [2.05, 4.69) is 15.0 Å². The van der Waals surface area contributed by atoms with Crippen LogP contribution in [0, 0.1) is 13.8 Å². The third-order valence-electron chi connectivity index (χ3n) is 4.52. The Morgan fingerprint density at radius 2 is 1.72 bits per heavy atom. The quantitative estimate of drug-likeness (QED) is 0.625. The summed E-state index contributed by atoms with van der Waals surface area (Å²) in [7, 11) is -3.45. The number of rotatable bonds is 6. The lowest BCUT2D eigenvalue weighted by Crippen LogP contribution is -2.23. The van der Waals surface area contributed by atoms with Gasteiger partial charge in [0.2, 0.25) is 15.9 Å². The Balaban J connectivity index is 1.77. The molecule has 1 aromatic heterocycles. The van der Waals surface area contributed by atoms with Gasteiger partial charge in [0, 0.05) is 16.8 Å². The number of oxazole rings is 1. The molecule has 29 heavy (non-hydrogen) atoms. The molecule has 0 atom stereocenters. The zero-order valence-corrected chi connectivity index (χ0v) is 17.5. The summed E-state index contributed by atoms with van der Waals surface area (Å²) in [5.74, 6) is 0.236. The number of hydrogen-bond acceptors (Lipinski definition) is 5. The molecule has 8 heteroatoms. The van der Waals surface area contributed by atoms with Gasteiger partial charge in [-0.15, -0.1) is 0 Å². The van der Waals surface area contributed by atoms with Crippen molar-refractivity contribution in [3.05, 3.63) is 65.5 Å². The van der Waals surface area contributed by atoms with Crippen LogP contribution in [0.15, 0.2) is 53.3 Å². The first-order valence-corrected chi connectivity index (χ1v) is 10.7. The lowest BCUT2D eigenvalue weighted by Gasteiger charge is -2.14. The van der Waals surface area contributed by atoms with Crippen molar-refractivity contribution in [1.29, 1.82) is 0 Å². The van der Waals surface area contributed by atoms with E-state index in [0.29, 0.717) is 28.4 Å². The van der Waals surface area contributed by atoms with E-state index >= 15 is 0 Å². The predicted molar refractivity (Wildman–Crippen MR) is 113 cm³/mol. The minimum Gasteiger partial charge on any atom is -0.445 e. The Hall–Kier alpha value is -3.13. The van der Waals surface area contributed by atoms with Crippen LogP contribution in [-0.2, 0) is 10.0 Å². The number of amides is 1. The van der Waals surface area contributed by atoms with E-state index in [1.165, 1.54) is 6.26 Å². The van der Waals surface area contributed by atoms with Crippen molar-refractivity contribution >= 4 is 27.3 Å². The van der Waals surface area contributed by atoms with Crippen molar-refractivity contribution in [3.8, 4) is 11.5 Å². The summed E-state index contributed by atoms with van der Waals surface area (Å²) in [5.41, 5.74) is 3.92. The average molecular weight is 413 g/mol. The maximum absolute atomic E-state index is 12.7. The number of aromatic nitrogens is 1. The molecule has 152 valence electrons. The molecule has 2 N–H and O–H groups in total. The van der Waals surface area contributed by atoms with E-state index < -0.39 is 15.3 Å².